The Balaban J connectivity index is 1.71. The van der Waals surface area contributed by atoms with Crippen molar-refractivity contribution in [2.45, 2.75) is 4.90 Å². The van der Waals surface area contributed by atoms with Gasteiger partial charge < -0.3 is 10.6 Å². The number of carbonyl (C=O) groups excluding carboxylic acids is 2. The van der Waals surface area contributed by atoms with Gasteiger partial charge in [-0.2, -0.15) is 0 Å². The first-order valence-electron chi connectivity index (χ1n) is 8.51. The third-order valence-corrected chi connectivity index (χ3v) is 5.63. The van der Waals surface area contributed by atoms with Gasteiger partial charge in [-0.15, -0.1) is 0 Å². The minimum atomic E-state index is -3.30. The normalized spacial score (nSPS) is 11.0. The van der Waals surface area contributed by atoms with E-state index in [4.69, 9.17) is 0 Å². The van der Waals surface area contributed by atoms with Crippen molar-refractivity contribution in [3.63, 3.8) is 0 Å². The van der Waals surface area contributed by atoms with Crippen molar-refractivity contribution in [3.8, 4) is 0 Å². The molecule has 0 saturated carbocycles. The first kappa shape index (κ1) is 20.8. The van der Waals surface area contributed by atoms with Crippen LogP contribution in [0.15, 0.2) is 82.2 Å². The third kappa shape index (κ3) is 5.52. The summed E-state index contributed by atoms with van der Waals surface area (Å²) in [6.07, 6.45) is 1.12. The smallest absolute Gasteiger partial charge is 0.255 e. The lowest BCUT2D eigenvalue weighted by Crippen LogP contribution is -2.14. The second-order valence-corrected chi connectivity index (χ2v) is 9.23. The lowest BCUT2D eigenvalue weighted by atomic mass is 10.1. The fourth-order valence-electron chi connectivity index (χ4n) is 2.56. The Labute approximate surface area is 177 Å². The van der Waals surface area contributed by atoms with Crippen LogP contribution in [0.25, 0.3) is 0 Å². The minimum absolute atomic E-state index is 0.174. The Morgan fingerprint density at radius 3 is 1.90 bits per heavy atom. The summed E-state index contributed by atoms with van der Waals surface area (Å²) in [6, 6.07) is 19.4. The molecular weight excluding hydrogens is 456 g/mol. The molecule has 148 valence electrons. The highest BCUT2D eigenvalue weighted by Crippen LogP contribution is 2.18. The van der Waals surface area contributed by atoms with Gasteiger partial charge in [0.05, 0.1) is 4.90 Å². The highest BCUT2D eigenvalue weighted by atomic mass is 79.9. The summed E-state index contributed by atoms with van der Waals surface area (Å²) in [7, 11) is -3.30. The van der Waals surface area contributed by atoms with Crippen LogP contribution < -0.4 is 10.6 Å². The van der Waals surface area contributed by atoms with Gasteiger partial charge in [0, 0.05) is 33.2 Å². The molecule has 0 saturated heterocycles. The van der Waals surface area contributed by atoms with E-state index >= 15 is 0 Å². The van der Waals surface area contributed by atoms with Gasteiger partial charge >= 0.3 is 0 Å². The summed E-state index contributed by atoms with van der Waals surface area (Å²) in [5.74, 6) is -0.670. The fraction of sp³-hybridized carbons (Fsp3) is 0.0476. The molecule has 29 heavy (non-hydrogen) atoms. The van der Waals surface area contributed by atoms with Gasteiger partial charge in [0.25, 0.3) is 11.8 Å². The van der Waals surface area contributed by atoms with Gasteiger partial charge in [0.15, 0.2) is 9.84 Å². The van der Waals surface area contributed by atoms with Crippen molar-refractivity contribution < 1.29 is 18.0 Å². The molecule has 0 aliphatic heterocycles. The van der Waals surface area contributed by atoms with Crippen molar-refractivity contribution in [2.24, 2.45) is 0 Å². The summed E-state index contributed by atoms with van der Waals surface area (Å²) in [5.41, 5.74) is 1.78. The minimum Gasteiger partial charge on any atom is -0.322 e. The molecule has 0 unspecified atom stereocenters. The molecule has 0 radical (unpaired) electrons. The Morgan fingerprint density at radius 2 is 1.31 bits per heavy atom. The van der Waals surface area contributed by atoms with Gasteiger partial charge in [-0.25, -0.2) is 8.42 Å². The van der Waals surface area contributed by atoms with E-state index in [2.05, 4.69) is 26.6 Å². The molecule has 3 rings (SSSR count). The number of carbonyl (C=O) groups is 2. The maximum absolute atomic E-state index is 12.5. The van der Waals surface area contributed by atoms with E-state index in [1.807, 2.05) is 6.07 Å². The third-order valence-electron chi connectivity index (χ3n) is 4.01. The number of nitrogens with one attached hydrogen (secondary N) is 2. The van der Waals surface area contributed by atoms with Crippen LogP contribution in [0, 0.1) is 0 Å². The van der Waals surface area contributed by atoms with E-state index in [1.54, 1.807) is 42.5 Å². The van der Waals surface area contributed by atoms with E-state index in [-0.39, 0.29) is 16.7 Å². The van der Waals surface area contributed by atoms with Crippen LogP contribution >= 0.6 is 15.9 Å². The maximum Gasteiger partial charge on any atom is 0.255 e. The number of halogens is 1. The summed E-state index contributed by atoms with van der Waals surface area (Å²) in [5, 5.41) is 5.47. The fourth-order valence-corrected chi connectivity index (χ4v) is 3.59. The van der Waals surface area contributed by atoms with E-state index in [1.165, 1.54) is 24.3 Å². The quantitative estimate of drug-likeness (QED) is 0.576. The lowest BCUT2D eigenvalue weighted by molar-refractivity contribution is 0.101. The zero-order chi connectivity index (χ0) is 21.0. The highest BCUT2D eigenvalue weighted by Gasteiger charge is 2.11. The SMILES string of the molecule is CS(=O)(=O)c1ccc(NC(=O)c2cccc(NC(=O)c3cccc(Br)c3)c2)cc1. The summed E-state index contributed by atoms with van der Waals surface area (Å²) < 4.78 is 23.8. The largest absolute Gasteiger partial charge is 0.322 e. The summed E-state index contributed by atoms with van der Waals surface area (Å²) in [4.78, 5) is 25.0. The molecule has 2 N–H and O–H groups in total. The summed E-state index contributed by atoms with van der Waals surface area (Å²) in [6.45, 7) is 0. The molecule has 0 spiro atoms. The number of sulfone groups is 1. The Kier molecular flexibility index (Phi) is 6.14. The molecule has 0 fully saturated rings. The van der Waals surface area contributed by atoms with Gasteiger partial charge in [0.2, 0.25) is 0 Å². The monoisotopic (exact) mass is 472 g/mol. The van der Waals surface area contributed by atoms with Crippen LogP contribution in [0.1, 0.15) is 20.7 Å². The van der Waals surface area contributed by atoms with Crippen molar-refractivity contribution in [1.82, 2.24) is 0 Å². The van der Waals surface area contributed by atoms with Gasteiger partial charge in [-0.05, 0) is 60.7 Å². The Bertz CT molecular complexity index is 1180. The van der Waals surface area contributed by atoms with Gasteiger partial charge in [0.1, 0.15) is 0 Å². The molecule has 8 heteroatoms. The van der Waals surface area contributed by atoms with Crippen LogP contribution in [-0.4, -0.2) is 26.5 Å². The van der Waals surface area contributed by atoms with Crippen LogP contribution in [0.2, 0.25) is 0 Å². The summed E-state index contributed by atoms with van der Waals surface area (Å²) >= 11 is 3.33. The molecular formula is C21H17BrN2O4S. The average molecular weight is 473 g/mol. The number of hydrogen-bond acceptors (Lipinski definition) is 4. The molecule has 3 aromatic rings. The lowest BCUT2D eigenvalue weighted by Gasteiger charge is -2.09. The molecule has 0 heterocycles. The van der Waals surface area contributed by atoms with E-state index in [0.717, 1.165) is 10.7 Å². The molecule has 3 aromatic carbocycles. The van der Waals surface area contributed by atoms with E-state index < -0.39 is 9.84 Å². The average Bonchev–Trinajstić information content (AvgIpc) is 2.68. The maximum atomic E-state index is 12.5. The number of rotatable bonds is 5. The van der Waals surface area contributed by atoms with Crippen molar-refractivity contribution in [1.29, 1.82) is 0 Å². The molecule has 0 aliphatic rings. The number of anilines is 2. The van der Waals surface area contributed by atoms with Gasteiger partial charge in [-0.1, -0.05) is 28.1 Å². The molecule has 0 bridgehead atoms. The van der Waals surface area contributed by atoms with Crippen molar-refractivity contribution in [3.05, 3.63) is 88.4 Å². The molecule has 0 atom stereocenters. The van der Waals surface area contributed by atoms with Gasteiger partial charge in [-0.3, -0.25) is 9.59 Å². The zero-order valence-electron chi connectivity index (χ0n) is 15.3. The van der Waals surface area contributed by atoms with E-state index in [9.17, 15) is 18.0 Å². The van der Waals surface area contributed by atoms with Crippen molar-refractivity contribution in [2.75, 3.05) is 16.9 Å². The number of hydrogen-bond donors (Lipinski definition) is 2. The van der Waals surface area contributed by atoms with Crippen LogP contribution in [0.3, 0.4) is 0 Å². The highest BCUT2D eigenvalue weighted by molar-refractivity contribution is 9.10. The first-order chi connectivity index (χ1) is 13.7. The number of amides is 2. The van der Waals surface area contributed by atoms with Crippen LogP contribution in [0.4, 0.5) is 11.4 Å². The number of benzene rings is 3. The second-order valence-electron chi connectivity index (χ2n) is 6.30. The van der Waals surface area contributed by atoms with E-state index in [0.29, 0.717) is 22.5 Å². The predicted molar refractivity (Wildman–Crippen MR) is 116 cm³/mol. The standard InChI is InChI=1S/C21H17BrN2O4S/c1-29(27,28)19-10-8-17(9-11-19)23-21(26)15-5-3-7-18(13-15)24-20(25)14-4-2-6-16(22)12-14/h2-13H,1H3,(H,23,26)(H,24,25). The molecule has 6 nitrogen and oxygen atoms in total. The topological polar surface area (TPSA) is 92.3 Å². The van der Waals surface area contributed by atoms with Crippen LogP contribution in [-0.2, 0) is 9.84 Å². The molecule has 0 aromatic heterocycles. The molecule has 2 amide bonds. The second kappa shape index (κ2) is 8.59. The predicted octanol–water partition coefficient (Wildman–Crippen LogP) is 4.36. The molecule has 0 aliphatic carbocycles. The zero-order valence-corrected chi connectivity index (χ0v) is 17.7. The Morgan fingerprint density at radius 1 is 0.759 bits per heavy atom. The van der Waals surface area contributed by atoms with Crippen LogP contribution in [0.5, 0.6) is 0 Å². The van der Waals surface area contributed by atoms with Crippen molar-refractivity contribution >= 4 is 49.0 Å². The Hall–Kier alpha value is -2.97. The first-order valence-corrected chi connectivity index (χ1v) is 11.2.